The molecular formula is C9H18ClNO2. The third-order valence-electron chi connectivity index (χ3n) is 2.62. The van der Waals surface area contributed by atoms with Crippen LogP contribution in [0.25, 0.3) is 0 Å². The molecule has 0 radical (unpaired) electrons. The van der Waals surface area contributed by atoms with Gasteiger partial charge in [0.05, 0.1) is 0 Å². The Hall–Kier alpha value is -0.280. The molecule has 1 heterocycles. The van der Waals surface area contributed by atoms with Gasteiger partial charge >= 0.3 is 5.97 Å². The number of hydrogen-bond donors (Lipinski definition) is 1. The smallest absolute Gasteiger partial charge is 0.320 e. The van der Waals surface area contributed by atoms with Gasteiger partial charge in [0.2, 0.25) is 0 Å². The number of halogens is 1. The molecule has 0 aromatic rings. The highest BCUT2D eigenvalue weighted by molar-refractivity contribution is 5.85. The molecule has 13 heavy (non-hydrogen) atoms. The lowest BCUT2D eigenvalue weighted by molar-refractivity contribution is -0.141. The number of aliphatic carboxylic acids is 1. The monoisotopic (exact) mass is 207 g/mol. The highest BCUT2D eigenvalue weighted by atomic mass is 35.5. The summed E-state index contributed by atoms with van der Waals surface area (Å²) in [6, 6.07) is -0.235. The number of hydrogen-bond acceptors (Lipinski definition) is 2. The number of carboxylic acid groups (broad SMARTS) is 1. The Kier molecular flexibility index (Phi) is 5.33. The van der Waals surface area contributed by atoms with E-state index in [-0.39, 0.29) is 18.4 Å². The minimum absolute atomic E-state index is 0. The predicted octanol–water partition coefficient (Wildman–Crippen LogP) is 1.61. The summed E-state index contributed by atoms with van der Waals surface area (Å²) in [5.74, 6) is -0.0720. The summed E-state index contributed by atoms with van der Waals surface area (Å²) < 4.78 is 0. The second kappa shape index (κ2) is 5.45. The maximum atomic E-state index is 10.7. The average molecular weight is 208 g/mol. The van der Waals surface area contributed by atoms with Crippen LogP contribution in [-0.2, 0) is 4.79 Å². The highest BCUT2D eigenvalue weighted by Crippen LogP contribution is 2.25. The number of nitrogens with zero attached hydrogens (tertiary/aromatic N) is 1. The van der Waals surface area contributed by atoms with Crippen molar-refractivity contribution in [2.75, 3.05) is 13.6 Å². The van der Waals surface area contributed by atoms with Gasteiger partial charge in [-0.2, -0.15) is 0 Å². The van der Waals surface area contributed by atoms with Crippen molar-refractivity contribution in [3.63, 3.8) is 0 Å². The van der Waals surface area contributed by atoms with E-state index < -0.39 is 5.97 Å². The molecule has 0 saturated carbocycles. The number of carbonyl (C=O) groups is 1. The number of likely N-dealkylation sites (N-methyl/N-ethyl adjacent to an activating group) is 1. The van der Waals surface area contributed by atoms with E-state index in [9.17, 15) is 4.79 Å². The van der Waals surface area contributed by atoms with Gasteiger partial charge in [0.1, 0.15) is 6.04 Å². The Morgan fingerprint density at radius 1 is 1.62 bits per heavy atom. The Balaban J connectivity index is 0.00000144. The molecule has 1 rings (SSSR count). The molecule has 1 N–H and O–H groups in total. The molecule has 1 aliphatic rings. The van der Waals surface area contributed by atoms with Gasteiger partial charge in [-0.05, 0) is 25.8 Å². The van der Waals surface area contributed by atoms with E-state index in [0.29, 0.717) is 5.92 Å². The van der Waals surface area contributed by atoms with E-state index >= 15 is 0 Å². The first-order valence-electron chi connectivity index (χ1n) is 4.58. The predicted molar refractivity (Wildman–Crippen MR) is 54.3 cm³/mol. The number of carboxylic acids is 1. The van der Waals surface area contributed by atoms with Crippen molar-refractivity contribution < 1.29 is 9.90 Å². The maximum Gasteiger partial charge on any atom is 0.320 e. The van der Waals surface area contributed by atoms with E-state index in [0.717, 1.165) is 25.8 Å². The molecule has 0 bridgehead atoms. The van der Waals surface area contributed by atoms with Crippen LogP contribution in [0.1, 0.15) is 26.2 Å². The molecule has 1 saturated heterocycles. The molecule has 2 atom stereocenters. The normalized spacial score (nSPS) is 28.5. The summed E-state index contributed by atoms with van der Waals surface area (Å²) in [7, 11) is 1.90. The molecule has 4 heteroatoms. The maximum absolute atomic E-state index is 10.7. The van der Waals surface area contributed by atoms with Gasteiger partial charge in [0, 0.05) is 6.54 Å². The Bertz CT molecular complexity index is 175. The number of rotatable bonds is 3. The second-order valence-corrected chi connectivity index (χ2v) is 3.68. The van der Waals surface area contributed by atoms with Crippen molar-refractivity contribution >= 4 is 18.4 Å². The zero-order valence-electron chi connectivity index (χ0n) is 8.19. The summed E-state index contributed by atoms with van der Waals surface area (Å²) >= 11 is 0. The van der Waals surface area contributed by atoms with Gasteiger partial charge in [-0.3, -0.25) is 9.69 Å². The molecular weight excluding hydrogens is 190 g/mol. The third kappa shape index (κ3) is 3.16. The summed E-state index contributed by atoms with van der Waals surface area (Å²) in [6.45, 7) is 3.10. The van der Waals surface area contributed by atoms with Crippen molar-refractivity contribution in [2.45, 2.75) is 32.2 Å². The van der Waals surface area contributed by atoms with Crippen molar-refractivity contribution in [3.8, 4) is 0 Å². The SMILES string of the molecule is CCC[C@@H]1C[C@@H](C(=O)O)N(C)C1.Cl. The largest absolute Gasteiger partial charge is 0.480 e. The van der Waals surface area contributed by atoms with Gasteiger partial charge in [-0.1, -0.05) is 13.3 Å². The molecule has 1 fully saturated rings. The molecule has 0 amide bonds. The minimum Gasteiger partial charge on any atom is -0.480 e. The molecule has 0 aliphatic carbocycles. The lowest BCUT2D eigenvalue weighted by atomic mass is 10.0. The fourth-order valence-electron chi connectivity index (χ4n) is 2.01. The van der Waals surface area contributed by atoms with Crippen molar-refractivity contribution in [1.29, 1.82) is 0 Å². The van der Waals surface area contributed by atoms with E-state index in [1.807, 2.05) is 11.9 Å². The van der Waals surface area contributed by atoms with Gasteiger partial charge in [-0.25, -0.2) is 0 Å². The molecule has 1 aliphatic heterocycles. The highest BCUT2D eigenvalue weighted by Gasteiger charge is 2.33. The van der Waals surface area contributed by atoms with E-state index in [1.54, 1.807) is 0 Å². The fourth-order valence-corrected chi connectivity index (χ4v) is 2.01. The van der Waals surface area contributed by atoms with E-state index in [2.05, 4.69) is 6.92 Å². The van der Waals surface area contributed by atoms with Crippen LogP contribution >= 0.6 is 12.4 Å². The first-order valence-corrected chi connectivity index (χ1v) is 4.58. The van der Waals surface area contributed by atoms with Crippen LogP contribution in [-0.4, -0.2) is 35.6 Å². The number of likely N-dealkylation sites (tertiary alicyclic amines) is 1. The minimum atomic E-state index is -0.670. The standard InChI is InChI=1S/C9H17NO2.ClH/c1-3-4-7-5-8(9(11)12)10(2)6-7;/h7-8H,3-6H2,1-2H3,(H,11,12);1H/t7-,8+;/m1./s1. The lowest BCUT2D eigenvalue weighted by Gasteiger charge is -2.13. The summed E-state index contributed by atoms with van der Waals surface area (Å²) in [6.07, 6.45) is 3.15. The van der Waals surface area contributed by atoms with Crippen LogP contribution in [0.15, 0.2) is 0 Å². The van der Waals surface area contributed by atoms with Crippen LogP contribution < -0.4 is 0 Å². The van der Waals surface area contributed by atoms with E-state index in [4.69, 9.17) is 5.11 Å². The second-order valence-electron chi connectivity index (χ2n) is 3.68. The molecule has 0 aromatic carbocycles. The topological polar surface area (TPSA) is 40.5 Å². The molecule has 0 unspecified atom stereocenters. The zero-order chi connectivity index (χ0) is 9.14. The molecule has 0 aromatic heterocycles. The first kappa shape index (κ1) is 12.7. The quantitative estimate of drug-likeness (QED) is 0.765. The van der Waals surface area contributed by atoms with Crippen molar-refractivity contribution in [3.05, 3.63) is 0 Å². The van der Waals surface area contributed by atoms with Crippen molar-refractivity contribution in [1.82, 2.24) is 4.90 Å². The Morgan fingerprint density at radius 3 is 2.62 bits per heavy atom. The Labute approximate surface area is 85.5 Å². The summed E-state index contributed by atoms with van der Waals surface area (Å²) in [5, 5.41) is 8.83. The first-order chi connectivity index (χ1) is 5.65. The van der Waals surface area contributed by atoms with Crippen LogP contribution in [0, 0.1) is 5.92 Å². The van der Waals surface area contributed by atoms with Gasteiger partial charge in [0.25, 0.3) is 0 Å². The molecule has 78 valence electrons. The van der Waals surface area contributed by atoms with Gasteiger partial charge in [-0.15, -0.1) is 12.4 Å². The summed E-state index contributed by atoms with van der Waals surface area (Å²) in [4.78, 5) is 12.7. The summed E-state index contributed by atoms with van der Waals surface area (Å²) in [5.41, 5.74) is 0. The fraction of sp³-hybridized carbons (Fsp3) is 0.889. The van der Waals surface area contributed by atoms with Crippen LogP contribution in [0.5, 0.6) is 0 Å². The van der Waals surface area contributed by atoms with Crippen molar-refractivity contribution in [2.24, 2.45) is 5.92 Å². The van der Waals surface area contributed by atoms with Gasteiger partial charge in [0.15, 0.2) is 0 Å². The van der Waals surface area contributed by atoms with Crippen LogP contribution in [0.4, 0.5) is 0 Å². The van der Waals surface area contributed by atoms with Crippen LogP contribution in [0.3, 0.4) is 0 Å². The molecule has 0 spiro atoms. The van der Waals surface area contributed by atoms with E-state index in [1.165, 1.54) is 0 Å². The average Bonchev–Trinajstić information content (AvgIpc) is 2.32. The third-order valence-corrected chi connectivity index (χ3v) is 2.62. The zero-order valence-corrected chi connectivity index (χ0v) is 9.01. The van der Waals surface area contributed by atoms with Crippen LogP contribution in [0.2, 0.25) is 0 Å². The Morgan fingerprint density at radius 2 is 2.23 bits per heavy atom. The van der Waals surface area contributed by atoms with Gasteiger partial charge < -0.3 is 5.11 Å². The molecule has 3 nitrogen and oxygen atoms in total. The lowest BCUT2D eigenvalue weighted by Crippen LogP contribution is -2.32.